The maximum absolute atomic E-state index is 11.8. The third-order valence-electron chi connectivity index (χ3n) is 3.08. The second-order valence-corrected chi connectivity index (χ2v) is 7.47. The molecule has 2 aromatic rings. The second-order valence-electron chi connectivity index (χ2n) is 5.04. The van der Waals surface area contributed by atoms with Crippen LogP contribution in [0.2, 0.25) is 5.02 Å². The fourth-order valence-electron chi connectivity index (χ4n) is 1.80. The zero-order valence-corrected chi connectivity index (χ0v) is 14.2. The first-order chi connectivity index (χ1) is 10.8. The summed E-state index contributed by atoms with van der Waals surface area (Å²) in [4.78, 5) is 12.0. The number of hydrogen-bond donors (Lipinski definition) is 1. The zero-order valence-electron chi connectivity index (χ0n) is 12.7. The summed E-state index contributed by atoms with van der Waals surface area (Å²) in [6, 6.07) is 11.1. The minimum atomic E-state index is -3.25. The van der Waals surface area contributed by atoms with Crippen LogP contribution in [0.4, 0.5) is 5.69 Å². The molecule has 0 aliphatic carbocycles. The van der Waals surface area contributed by atoms with E-state index in [2.05, 4.69) is 5.32 Å². The highest BCUT2D eigenvalue weighted by Gasteiger charge is 2.08. The van der Waals surface area contributed by atoms with Crippen LogP contribution in [-0.2, 0) is 14.6 Å². The van der Waals surface area contributed by atoms with Gasteiger partial charge in [-0.15, -0.1) is 0 Å². The lowest BCUT2D eigenvalue weighted by Crippen LogP contribution is -2.20. The molecule has 0 bridgehead atoms. The van der Waals surface area contributed by atoms with Gasteiger partial charge < -0.3 is 10.1 Å². The van der Waals surface area contributed by atoms with E-state index in [1.807, 2.05) is 13.0 Å². The minimum Gasteiger partial charge on any atom is -0.484 e. The van der Waals surface area contributed by atoms with Crippen LogP contribution in [0.1, 0.15) is 5.56 Å². The monoisotopic (exact) mass is 353 g/mol. The van der Waals surface area contributed by atoms with Crippen molar-refractivity contribution in [3.05, 3.63) is 53.1 Å². The second kappa shape index (κ2) is 7.02. The van der Waals surface area contributed by atoms with Gasteiger partial charge in [0.1, 0.15) is 5.75 Å². The molecule has 0 aromatic heterocycles. The van der Waals surface area contributed by atoms with Crippen LogP contribution in [-0.4, -0.2) is 27.2 Å². The van der Waals surface area contributed by atoms with Crippen molar-refractivity contribution in [2.45, 2.75) is 11.8 Å². The molecule has 0 aliphatic rings. The number of aryl methyl sites for hydroxylation is 1. The Balaban J connectivity index is 1.92. The number of amides is 1. The van der Waals surface area contributed by atoms with Crippen LogP contribution in [0.3, 0.4) is 0 Å². The lowest BCUT2D eigenvalue weighted by molar-refractivity contribution is -0.118. The number of ether oxygens (including phenoxy) is 1. The average Bonchev–Trinajstić information content (AvgIpc) is 2.48. The van der Waals surface area contributed by atoms with Crippen molar-refractivity contribution in [2.24, 2.45) is 0 Å². The van der Waals surface area contributed by atoms with Crippen molar-refractivity contribution in [3.8, 4) is 5.75 Å². The lowest BCUT2D eigenvalue weighted by atomic mass is 10.2. The van der Waals surface area contributed by atoms with Gasteiger partial charge >= 0.3 is 0 Å². The summed E-state index contributed by atoms with van der Waals surface area (Å²) in [6.07, 6.45) is 1.13. The number of halogens is 1. The molecule has 0 spiro atoms. The number of nitrogens with one attached hydrogen (secondary N) is 1. The van der Waals surface area contributed by atoms with Gasteiger partial charge in [-0.25, -0.2) is 8.42 Å². The van der Waals surface area contributed by atoms with Crippen LogP contribution in [0.25, 0.3) is 0 Å². The van der Waals surface area contributed by atoms with E-state index in [4.69, 9.17) is 16.3 Å². The molecule has 0 heterocycles. The number of hydrogen-bond acceptors (Lipinski definition) is 4. The maximum atomic E-state index is 11.8. The first-order valence-electron chi connectivity index (χ1n) is 6.74. The molecule has 5 nitrogen and oxygen atoms in total. The summed E-state index contributed by atoms with van der Waals surface area (Å²) in [5, 5.41) is 3.24. The van der Waals surface area contributed by atoms with E-state index in [1.54, 1.807) is 12.1 Å². The van der Waals surface area contributed by atoms with Crippen molar-refractivity contribution < 1.29 is 17.9 Å². The molecule has 1 N–H and O–H groups in total. The first kappa shape index (κ1) is 17.3. The third kappa shape index (κ3) is 4.97. The van der Waals surface area contributed by atoms with Gasteiger partial charge in [0.25, 0.3) is 5.91 Å². The van der Waals surface area contributed by atoms with Gasteiger partial charge in [0, 0.05) is 17.0 Å². The molecule has 1 amide bonds. The van der Waals surface area contributed by atoms with E-state index in [-0.39, 0.29) is 17.4 Å². The molecule has 0 aliphatic heterocycles. The minimum absolute atomic E-state index is 0.191. The van der Waals surface area contributed by atoms with Gasteiger partial charge in [0.15, 0.2) is 16.4 Å². The quantitative estimate of drug-likeness (QED) is 0.896. The van der Waals surface area contributed by atoms with Crippen LogP contribution >= 0.6 is 11.6 Å². The predicted molar refractivity (Wildman–Crippen MR) is 89.9 cm³/mol. The van der Waals surface area contributed by atoms with Gasteiger partial charge in [-0.2, -0.15) is 0 Å². The summed E-state index contributed by atoms with van der Waals surface area (Å²) in [7, 11) is -3.25. The summed E-state index contributed by atoms with van der Waals surface area (Å²) in [5.41, 5.74) is 1.51. The summed E-state index contributed by atoms with van der Waals surface area (Å²) in [5.74, 6) is 0.0756. The number of benzene rings is 2. The number of sulfone groups is 1. The largest absolute Gasteiger partial charge is 0.484 e. The van der Waals surface area contributed by atoms with Gasteiger partial charge in [0.2, 0.25) is 0 Å². The highest BCUT2D eigenvalue weighted by Crippen LogP contribution is 2.20. The van der Waals surface area contributed by atoms with Crippen LogP contribution < -0.4 is 10.1 Å². The predicted octanol–water partition coefficient (Wildman–Crippen LogP) is 3.07. The van der Waals surface area contributed by atoms with E-state index in [9.17, 15) is 13.2 Å². The van der Waals surface area contributed by atoms with E-state index in [1.165, 1.54) is 24.3 Å². The molecule has 0 saturated carbocycles. The Labute approximate surface area is 140 Å². The summed E-state index contributed by atoms with van der Waals surface area (Å²) in [6.45, 7) is 1.68. The fourth-order valence-corrected chi connectivity index (χ4v) is 2.61. The van der Waals surface area contributed by atoms with E-state index >= 15 is 0 Å². The topological polar surface area (TPSA) is 72.5 Å². The molecular formula is C16H16ClNO4S. The normalized spacial score (nSPS) is 11.1. The van der Waals surface area contributed by atoms with Crippen molar-refractivity contribution in [1.29, 1.82) is 0 Å². The Hall–Kier alpha value is -2.05. The van der Waals surface area contributed by atoms with E-state index in [0.717, 1.165) is 11.8 Å². The Bertz CT molecular complexity index is 816. The molecule has 23 heavy (non-hydrogen) atoms. The molecular weight excluding hydrogens is 338 g/mol. The lowest BCUT2D eigenvalue weighted by Gasteiger charge is -2.09. The van der Waals surface area contributed by atoms with Crippen molar-refractivity contribution >= 4 is 33.0 Å². The molecule has 0 fully saturated rings. The molecule has 0 radical (unpaired) electrons. The first-order valence-corrected chi connectivity index (χ1v) is 9.01. The van der Waals surface area contributed by atoms with Gasteiger partial charge in [-0.1, -0.05) is 17.7 Å². The van der Waals surface area contributed by atoms with Crippen LogP contribution in [0.15, 0.2) is 47.4 Å². The zero-order chi connectivity index (χ0) is 17.0. The molecule has 0 unspecified atom stereocenters. The average molecular weight is 354 g/mol. The number of anilines is 1. The highest BCUT2D eigenvalue weighted by atomic mass is 35.5. The Morgan fingerprint density at radius 1 is 1.17 bits per heavy atom. The molecule has 2 rings (SSSR count). The Morgan fingerprint density at radius 3 is 2.39 bits per heavy atom. The third-order valence-corrected chi connectivity index (χ3v) is 4.61. The summed E-state index contributed by atoms with van der Waals surface area (Å²) >= 11 is 5.99. The maximum Gasteiger partial charge on any atom is 0.262 e. The van der Waals surface area contributed by atoms with Gasteiger partial charge in [-0.3, -0.25) is 4.79 Å². The molecule has 122 valence electrons. The van der Waals surface area contributed by atoms with Crippen molar-refractivity contribution in [3.63, 3.8) is 0 Å². The Kier molecular flexibility index (Phi) is 5.28. The van der Waals surface area contributed by atoms with Crippen molar-refractivity contribution in [1.82, 2.24) is 0 Å². The van der Waals surface area contributed by atoms with E-state index < -0.39 is 9.84 Å². The molecule has 0 saturated heterocycles. The summed E-state index contributed by atoms with van der Waals surface area (Å²) < 4.78 is 28.0. The van der Waals surface area contributed by atoms with Gasteiger partial charge in [-0.05, 0) is 48.9 Å². The van der Waals surface area contributed by atoms with E-state index in [0.29, 0.717) is 16.5 Å². The molecule has 7 heteroatoms. The number of carbonyl (C=O) groups is 1. The standard InChI is InChI=1S/C16H16ClNO4S/c1-11-3-4-12(9-15(11)17)18-16(19)10-22-13-5-7-14(8-6-13)23(2,20)21/h3-9H,10H2,1-2H3,(H,18,19). The smallest absolute Gasteiger partial charge is 0.262 e. The van der Waals surface area contributed by atoms with Gasteiger partial charge in [0.05, 0.1) is 4.90 Å². The van der Waals surface area contributed by atoms with Crippen molar-refractivity contribution in [2.75, 3.05) is 18.2 Å². The van der Waals surface area contributed by atoms with Crippen LogP contribution in [0.5, 0.6) is 5.75 Å². The van der Waals surface area contributed by atoms with Crippen LogP contribution in [0, 0.1) is 6.92 Å². The SMILES string of the molecule is Cc1ccc(NC(=O)COc2ccc(S(C)(=O)=O)cc2)cc1Cl. The number of rotatable bonds is 5. The number of carbonyl (C=O) groups excluding carboxylic acids is 1. The fraction of sp³-hybridized carbons (Fsp3) is 0.188. The molecule has 2 aromatic carbocycles. The Morgan fingerprint density at radius 2 is 1.83 bits per heavy atom. The highest BCUT2D eigenvalue weighted by molar-refractivity contribution is 7.90. The molecule has 0 atom stereocenters.